The molecule has 0 aromatic rings. The van der Waals surface area contributed by atoms with E-state index in [1.165, 1.54) is 0 Å². The molecule has 0 aromatic heterocycles. The Hall–Kier alpha value is -1.75. The molecule has 2 amide bonds. The number of nitrogens with one attached hydrogen (secondary N) is 1. The predicted molar refractivity (Wildman–Crippen MR) is 65.5 cm³/mol. The Morgan fingerprint density at radius 1 is 1.33 bits per heavy atom. The van der Waals surface area contributed by atoms with Gasteiger partial charge in [-0.25, -0.2) is 0 Å². The first-order valence-corrected chi connectivity index (χ1v) is 5.94. The van der Waals surface area contributed by atoms with E-state index in [1.54, 1.807) is 6.08 Å². The first-order valence-electron chi connectivity index (χ1n) is 5.94. The minimum absolute atomic E-state index is 0.146. The number of carbonyl (C=O) groups is 3. The minimum Gasteiger partial charge on any atom is -0.396 e. The Morgan fingerprint density at radius 2 is 2.06 bits per heavy atom. The number of aliphatic hydroxyl groups is 1. The number of hydrogen-bond acceptors (Lipinski definition) is 4. The summed E-state index contributed by atoms with van der Waals surface area (Å²) in [5, 5.41) is 10.8. The molecular weight excluding hydrogens is 234 g/mol. The van der Waals surface area contributed by atoms with Crippen LogP contribution in [-0.2, 0) is 14.4 Å². The Bertz CT molecular complexity index is 398. The molecule has 1 aliphatic rings. The Labute approximate surface area is 106 Å². The lowest BCUT2D eigenvalue weighted by atomic mass is 9.95. The smallest absolute Gasteiger partial charge is 0.254 e. The highest BCUT2D eigenvalue weighted by molar-refractivity contribution is 6.25. The topological polar surface area (TPSA) is 83.5 Å². The Kier molecular flexibility index (Phi) is 5.45. The van der Waals surface area contributed by atoms with Crippen LogP contribution in [0.25, 0.3) is 0 Å². The molecule has 1 heterocycles. The van der Waals surface area contributed by atoms with Crippen molar-refractivity contribution in [3.8, 4) is 0 Å². The third-order valence-corrected chi connectivity index (χ3v) is 2.78. The normalized spacial score (nSPS) is 21.2. The summed E-state index contributed by atoms with van der Waals surface area (Å²) in [5.41, 5.74) is 0.217. The SMILES string of the molecule is C=CC(=O)C1C(=O)NC(=O)/C1=C\CCCCCO. The first kappa shape index (κ1) is 14.3. The molecule has 0 radical (unpaired) electrons. The van der Waals surface area contributed by atoms with Gasteiger partial charge in [-0.3, -0.25) is 19.7 Å². The van der Waals surface area contributed by atoms with Crippen molar-refractivity contribution in [2.75, 3.05) is 6.61 Å². The number of aliphatic hydroxyl groups excluding tert-OH is 1. The van der Waals surface area contributed by atoms with Crippen molar-refractivity contribution in [1.29, 1.82) is 0 Å². The van der Waals surface area contributed by atoms with Gasteiger partial charge in [0.2, 0.25) is 5.91 Å². The highest BCUT2D eigenvalue weighted by Gasteiger charge is 2.39. The molecule has 1 fully saturated rings. The summed E-state index contributed by atoms with van der Waals surface area (Å²) in [6, 6.07) is 0. The molecule has 1 saturated heterocycles. The van der Waals surface area contributed by atoms with E-state index in [0.717, 1.165) is 18.9 Å². The standard InChI is InChI=1S/C13H17NO4/c1-2-10(16)11-9(12(17)14-13(11)18)7-5-3-4-6-8-15/h2,7,11,15H,1,3-6,8H2,(H,14,17,18)/b9-7-. The summed E-state index contributed by atoms with van der Waals surface area (Å²) in [5.74, 6) is -2.57. The highest BCUT2D eigenvalue weighted by atomic mass is 16.3. The van der Waals surface area contributed by atoms with Crippen LogP contribution in [0, 0.1) is 5.92 Å². The number of amides is 2. The van der Waals surface area contributed by atoms with Gasteiger partial charge in [-0.15, -0.1) is 0 Å². The average Bonchev–Trinajstić information content (AvgIpc) is 2.63. The van der Waals surface area contributed by atoms with Gasteiger partial charge in [-0.05, 0) is 25.3 Å². The molecular formula is C13H17NO4. The molecule has 1 atom stereocenters. The largest absolute Gasteiger partial charge is 0.396 e. The van der Waals surface area contributed by atoms with E-state index in [2.05, 4.69) is 11.9 Å². The monoisotopic (exact) mass is 251 g/mol. The molecule has 1 rings (SSSR count). The second-order valence-electron chi connectivity index (χ2n) is 4.09. The second kappa shape index (κ2) is 6.86. The van der Waals surface area contributed by atoms with Crippen LogP contribution in [0.5, 0.6) is 0 Å². The van der Waals surface area contributed by atoms with Crippen LogP contribution in [0.4, 0.5) is 0 Å². The van der Waals surface area contributed by atoms with Crippen LogP contribution in [0.3, 0.4) is 0 Å². The van der Waals surface area contributed by atoms with E-state index in [9.17, 15) is 14.4 Å². The number of hydrogen-bond donors (Lipinski definition) is 2. The number of unbranched alkanes of at least 4 members (excludes halogenated alkanes) is 3. The van der Waals surface area contributed by atoms with E-state index in [-0.39, 0.29) is 12.2 Å². The number of imide groups is 1. The van der Waals surface area contributed by atoms with Crippen LogP contribution < -0.4 is 5.32 Å². The molecule has 0 aliphatic carbocycles. The van der Waals surface area contributed by atoms with Crippen LogP contribution in [0.15, 0.2) is 24.3 Å². The van der Waals surface area contributed by atoms with Crippen LogP contribution in [0.1, 0.15) is 25.7 Å². The number of ketones is 1. The third-order valence-electron chi connectivity index (χ3n) is 2.78. The van der Waals surface area contributed by atoms with E-state index in [4.69, 9.17) is 5.11 Å². The van der Waals surface area contributed by atoms with Gasteiger partial charge in [0, 0.05) is 12.2 Å². The van der Waals surface area contributed by atoms with Crippen molar-refractivity contribution in [3.05, 3.63) is 24.3 Å². The van der Waals surface area contributed by atoms with Crippen molar-refractivity contribution in [3.63, 3.8) is 0 Å². The maximum absolute atomic E-state index is 11.5. The van der Waals surface area contributed by atoms with E-state index < -0.39 is 23.5 Å². The highest BCUT2D eigenvalue weighted by Crippen LogP contribution is 2.21. The van der Waals surface area contributed by atoms with Gasteiger partial charge in [0.05, 0.1) is 0 Å². The number of carbonyl (C=O) groups excluding carboxylic acids is 3. The average molecular weight is 251 g/mol. The Morgan fingerprint density at radius 3 is 2.67 bits per heavy atom. The number of rotatable bonds is 7. The fourth-order valence-electron chi connectivity index (χ4n) is 1.83. The van der Waals surface area contributed by atoms with Gasteiger partial charge in [-0.2, -0.15) is 0 Å². The minimum atomic E-state index is -1.03. The zero-order valence-electron chi connectivity index (χ0n) is 10.1. The van der Waals surface area contributed by atoms with Gasteiger partial charge >= 0.3 is 0 Å². The third kappa shape index (κ3) is 3.37. The molecule has 0 aromatic carbocycles. The van der Waals surface area contributed by atoms with E-state index in [0.29, 0.717) is 12.8 Å². The summed E-state index contributed by atoms with van der Waals surface area (Å²) in [6.07, 6.45) is 5.66. The zero-order valence-corrected chi connectivity index (χ0v) is 10.1. The summed E-state index contributed by atoms with van der Waals surface area (Å²) < 4.78 is 0. The number of allylic oxidation sites excluding steroid dienone is 2. The molecule has 5 heteroatoms. The second-order valence-corrected chi connectivity index (χ2v) is 4.09. The molecule has 2 N–H and O–H groups in total. The predicted octanol–water partition coefficient (Wildman–Crippen LogP) is 0.493. The molecule has 0 spiro atoms. The van der Waals surface area contributed by atoms with E-state index in [1.807, 2.05) is 0 Å². The van der Waals surface area contributed by atoms with Crippen molar-refractivity contribution >= 4 is 17.6 Å². The van der Waals surface area contributed by atoms with Crippen LogP contribution >= 0.6 is 0 Å². The molecule has 1 unspecified atom stereocenters. The summed E-state index contributed by atoms with van der Waals surface area (Å²) in [4.78, 5) is 34.5. The van der Waals surface area contributed by atoms with Crippen LogP contribution in [0.2, 0.25) is 0 Å². The zero-order chi connectivity index (χ0) is 13.5. The van der Waals surface area contributed by atoms with Gasteiger partial charge in [-0.1, -0.05) is 19.1 Å². The van der Waals surface area contributed by atoms with Crippen LogP contribution in [-0.4, -0.2) is 29.3 Å². The molecule has 18 heavy (non-hydrogen) atoms. The molecule has 98 valence electrons. The lowest BCUT2D eigenvalue weighted by molar-refractivity contribution is -0.129. The van der Waals surface area contributed by atoms with Gasteiger partial charge in [0.25, 0.3) is 5.91 Å². The lowest BCUT2D eigenvalue weighted by Gasteiger charge is -2.03. The molecule has 0 bridgehead atoms. The summed E-state index contributed by atoms with van der Waals surface area (Å²) in [7, 11) is 0. The Balaban J connectivity index is 2.67. The molecule has 5 nitrogen and oxygen atoms in total. The fourth-order valence-corrected chi connectivity index (χ4v) is 1.83. The molecule has 0 saturated carbocycles. The van der Waals surface area contributed by atoms with Gasteiger partial charge in [0.1, 0.15) is 5.92 Å². The summed E-state index contributed by atoms with van der Waals surface area (Å²) >= 11 is 0. The van der Waals surface area contributed by atoms with Crippen molar-refractivity contribution in [1.82, 2.24) is 5.32 Å². The lowest BCUT2D eigenvalue weighted by Crippen LogP contribution is -2.25. The molecule has 1 aliphatic heterocycles. The van der Waals surface area contributed by atoms with Crippen molar-refractivity contribution in [2.24, 2.45) is 5.92 Å². The summed E-state index contributed by atoms with van der Waals surface area (Å²) in [6.45, 7) is 3.47. The maximum Gasteiger partial charge on any atom is 0.254 e. The van der Waals surface area contributed by atoms with Gasteiger partial charge in [0.15, 0.2) is 5.78 Å². The fraction of sp³-hybridized carbons (Fsp3) is 0.462. The first-order chi connectivity index (χ1) is 8.61. The van der Waals surface area contributed by atoms with Crippen molar-refractivity contribution in [2.45, 2.75) is 25.7 Å². The quantitative estimate of drug-likeness (QED) is 0.298. The van der Waals surface area contributed by atoms with Crippen molar-refractivity contribution < 1.29 is 19.5 Å². The van der Waals surface area contributed by atoms with E-state index >= 15 is 0 Å². The maximum atomic E-state index is 11.5. The van der Waals surface area contributed by atoms with Gasteiger partial charge < -0.3 is 5.11 Å².